The molecule has 2 aliphatic rings. The number of carboxylic acids is 1. The molecule has 1 aliphatic carbocycles. The minimum Gasteiger partial charge on any atom is -0.480 e. The lowest BCUT2D eigenvalue weighted by Crippen LogP contribution is -2.30. The Hall–Kier alpha value is -1.12. The van der Waals surface area contributed by atoms with Crippen LogP contribution in [-0.4, -0.2) is 22.8 Å². The lowest BCUT2D eigenvalue weighted by atomic mass is 9.84. The number of rotatable bonds is 1. The molecule has 2 unspecified atom stereocenters. The molecule has 0 saturated carbocycles. The van der Waals surface area contributed by atoms with Gasteiger partial charge in [-0.3, -0.25) is 4.99 Å². The van der Waals surface area contributed by atoms with Crippen molar-refractivity contribution in [3.8, 4) is 0 Å². The van der Waals surface area contributed by atoms with E-state index < -0.39 is 12.0 Å². The maximum Gasteiger partial charge on any atom is 0.328 e. The Labute approximate surface area is 77.2 Å². The minimum atomic E-state index is -0.777. The van der Waals surface area contributed by atoms with E-state index in [1.54, 1.807) is 0 Å². The Morgan fingerprint density at radius 1 is 1.46 bits per heavy atom. The average molecular weight is 179 g/mol. The van der Waals surface area contributed by atoms with Gasteiger partial charge in [-0.25, -0.2) is 4.79 Å². The van der Waals surface area contributed by atoms with Gasteiger partial charge in [0.05, 0.1) is 0 Å². The number of aliphatic carboxylic acids is 1. The summed E-state index contributed by atoms with van der Waals surface area (Å²) in [6, 6.07) is -0.474. The van der Waals surface area contributed by atoms with E-state index in [0.29, 0.717) is 12.3 Å². The first-order valence-corrected chi connectivity index (χ1v) is 4.72. The molecule has 1 heterocycles. The largest absolute Gasteiger partial charge is 0.480 e. The van der Waals surface area contributed by atoms with Crippen LogP contribution in [0, 0.1) is 5.92 Å². The van der Waals surface area contributed by atoms with E-state index in [2.05, 4.69) is 17.1 Å². The molecule has 0 saturated heterocycles. The maximum atomic E-state index is 10.7. The van der Waals surface area contributed by atoms with Crippen LogP contribution in [0.1, 0.15) is 25.7 Å². The highest BCUT2D eigenvalue weighted by molar-refractivity contribution is 5.92. The number of hydrogen-bond acceptors (Lipinski definition) is 2. The zero-order valence-electron chi connectivity index (χ0n) is 7.44. The van der Waals surface area contributed by atoms with E-state index in [-0.39, 0.29) is 0 Å². The molecule has 0 aromatic heterocycles. The average Bonchev–Trinajstić information content (AvgIpc) is 2.17. The van der Waals surface area contributed by atoms with Gasteiger partial charge in [-0.05, 0) is 19.3 Å². The molecule has 1 aliphatic heterocycles. The molecule has 70 valence electrons. The highest BCUT2D eigenvalue weighted by atomic mass is 16.4. The fourth-order valence-corrected chi connectivity index (χ4v) is 2.01. The first-order valence-electron chi connectivity index (χ1n) is 4.72. The molecule has 2 rings (SSSR count). The van der Waals surface area contributed by atoms with Crippen molar-refractivity contribution in [1.29, 1.82) is 0 Å². The molecule has 0 radical (unpaired) electrons. The second-order valence-electron chi connectivity index (χ2n) is 3.66. The summed E-state index contributed by atoms with van der Waals surface area (Å²) in [6.07, 6.45) is 7.85. The summed E-state index contributed by atoms with van der Waals surface area (Å²) in [5, 5.41) is 8.80. The van der Waals surface area contributed by atoms with Gasteiger partial charge in [-0.15, -0.1) is 0 Å². The first kappa shape index (κ1) is 8.48. The molecule has 13 heavy (non-hydrogen) atoms. The number of nitrogens with zero attached hydrogens (tertiary/aromatic N) is 1. The number of hydrogen-bond donors (Lipinski definition) is 1. The van der Waals surface area contributed by atoms with Gasteiger partial charge in [-0.1, -0.05) is 12.2 Å². The minimum absolute atomic E-state index is 0.474. The quantitative estimate of drug-likeness (QED) is 0.622. The normalized spacial score (nSPS) is 32.2. The van der Waals surface area contributed by atoms with Gasteiger partial charge < -0.3 is 5.11 Å². The molecule has 0 spiro atoms. The van der Waals surface area contributed by atoms with E-state index in [1.807, 2.05) is 0 Å². The van der Waals surface area contributed by atoms with Crippen LogP contribution >= 0.6 is 0 Å². The Morgan fingerprint density at radius 3 is 3.08 bits per heavy atom. The molecule has 0 fully saturated rings. The molecule has 3 nitrogen and oxygen atoms in total. The summed E-state index contributed by atoms with van der Waals surface area (Å²) in [6.45, 7) is 0. The molecule has 1 N–H and O–H groups in total. The molecule has 2 atom stereocenters. The van der Waals surface area contributed by atoms with Crippen molar-refractivity contribution < 1.29 is 9.90 Å². The number of carboxylic acid groups (broad SMARTS) is 1. The highest BCUT2D eigenvalue weighted by Gasteiger charge is 2.27. The van der Waals surface area contributed by atoms with E-state index in [0.717, 1.165) is 25.0 Å². The zero-order valence-corrected chi connectivity index (χ0v) is 7.44. The Bertz CT molecular complexity index is 281. The second kappa shape index (κ2) is 3.32. The van der Waals surface area contributed by atoms with Crippen molar-refractivity contribution in [2.45, 2.75) is 31.7 Å². The van der Waals surface area contributed by atoms with Crippen molar-refractivity contribution in [2.75, 3.05) is 0 Å². The Kier molecular flexibility index (Phi) is 2.17. The van der Waals surface area contributed by atoms with Crippen LogP contribution in [-0.2, 0) is 4.79 Å². The zero-order chi connectivity index (χ0) is 9.26. The van der Waals surface area contributed by atoms with Crippen LogP contribution in [0.15, 0.2) is 17.1 Å². The van der Waals surface area contributed by atoms with Gasteiger partial charge in [0, 0.05) is 18.1 Å². The summed E-state index contributed by atoms with van der Waals surface area (Å²) in [7, 11) is 0. The summed E-state index contributed by atoms with van der Waals surface area (Å²) in [4.78, 5) is 15.0. The molecule has 0 aromatic rings. The Balaban J connectivity index is 2.17. The van der Waals surface area contributed by atoms with Crippen LogP contribution in [0.2, 0.25) is 0 Å². The molecule has 0 amide bonds. The van der Waals surface area contributed by atoms with E-state index in [1.165, 1.54) is 0 Å². The van der Waals surface area contributed by atoms with Gasteiger partial charge in [0.1, 0.15) is 6.04 Å². The van der Waals surface area contributed by atoms with Crippen molar-refractivity contribution in [3.05, 3.63) is 12.2 Å². The number of aliphatic imine (C=N–C) groups is 1. The summed E-state index contributed by atoms with van der Waals surface area (Å²) < 4.78 is 0. The smallest absolute Gasteiger partial charge is 0.328 e. The van der Waals surface area contributed by atoms with Crippen LogP contribution in [0.4, 0.5) is 0 Å². The molecule has 3 heteroatoms. The third-order valence-electron chi connectivity index (χ3n) is 2.78. The third-order valence-corrected chi connectivity index (χ3v) is 2.78. The van der Waals surface area contributed by atoms with Gasteiger partial charge in [0.15, 0.2) is 0 Å². The van der Waals surface area contributed by atoms with Crippen molar-refractivity contribution in [1.82, 2.24) is 0 Å². The van der Waals surface area contributed by atoms with Crippen molar-refractivity contribution in [3.63, 3.8) is 0 Å². The maximum absolute atomic E-state index is 10.7. The number of fused-ring (bicyclic) bond motifs is 1. The Morgan fingerprint density at radius 2 is 2.31 bits per heavy atom. The number of allylic oxidation sites excluding steroid dienone is 2. The third kappa shape index (κ3) is 1.64. The SMILES string of the molecule is O=C(O)C1CCC2CC=CCC2=N1. The molecule has 0 bridgehead atoms. The predicted molar refractivity (Wildman–Crippen MR) is 50.0 cm³/mol. The van der Waals surface area contributed by atoms with Crippen molar-refractivity contribution in [2.24, 2.45) is 10.9 Å². The van der Waals surface area contributed by atoms with E-state index in [4.69, 9.17) is 5.11 Å². The fraction of sp³-hybridized carbons (Fsp3) is 0.600. The lowest BCUT2D eigenvalue weighted by molar-refractivity contribution is -0.138. The summed E-state index contributed by atoms with van der Waals surface area (Å²) in [5.41, 5.74) is 1.10. The van der Waals surface area contributed by atoms with Crippen LogP contribution < -0.4 is 0 Å². The van der Waals surface area contributed by atoms with E-state index >= 15 is 0 Å². The number of carbonyl (C=O) groups is 1. The highest BCUT2D eigenvalue weighted by Crippen LogP contribution is 2.27. The van der Waals surface area contributed by atoms with Crippen LogP contribution in [0.25, 0.3) is 0 Å². The standard InChI is InChI=1S/C10H13NO2/c12-10(13)9-6-5-7-3-1-2-4-8(7)11-9/h1-2,7,9H,3-6H2,(H,12,13). The molecular formula is C10H13NO2. The second-order valence-corrected chi connectivity index (χ2v) is 3.66. The predicted octanol–water partition coefficient (Wildman–Crippen LogP) is 1.64. The van der Waals surface area contributed by atoms with Gasteiger partial charge >= 0.3 is 5.97 Å². The van der Waals surface area contributed by atoms with Gasteiger partial charge in [0.25, 0.3) is 0 Å². The molecule has 0 aromatic carbocycles. The summed E-state index contributed by atoms with van der Waals surface area (Å²) >= 11 is 0. The van der Waals surface area contributed by atoms with E-state index in [9.17, 15) is 4.79 Å². The lowest BCUT2D eigenvalue weighted by Gasteiger charge is -2.27. The van der Waals surface area contributed by atoms with Gasteiger partial charge in [-0.2, -0.15) is 0 Å². The topological polar surface area (TPSA) is 49.7 Å². The first-order chi connectivity index (χ1) is 6.27. The molecular weight excluding hydrogens is 166 g/mol. The van der Waals surface area contributed by atoms with Gasteiger partial charge in [0.2, 0.25) is 0 Å². The summed E-state index contributed by atoms with van der Waals surface area (Å²) in [5.74, 6) is -0.249. The van der Waals surface area contributed by atoms with Crippen LogP contribution in [0.5, 0.6) is 0 Å². The van der Waals surface area contributed by atoms with Crippen LogP contribution in [0.3, 0.4) is 0 Å². The monoisotopic (exact) mass is 179 g/mol. The fourth-order valence-electron chi connectivity index (χ4n) is 2.01. The van der Waals surface area contributed by atoms with Crippen molar-refractivity contribution >= 4 is 11.7 Å².